The van der Waals surface area contributed by atoms with Crippen molar-refractivity contribution in [3.8, 4) is 0 Å². The van der Waals surface area contributed by atoms with Crippen LogP contribution in [0.5, 0.6) is 0 Å². The monoisotopic (exact) mass is 234 g/mol. The number of hydrogen-bond donors (Lipinski definition) is 2. The molecule has 17 heavy (non-hydrogen) atoms. The first kappa shape index (κ1) is 11.5. The summed E-state index contributed by atoms with van der Waals surface area (Å²) in [6.07, 6.45) is 6.85. The average molecular weight is 234 g/mol. The van der Waals surface area contributed by atoms with Crippen LogP contribution < -0.4 is 10.6 Å². The van der Waals surface area contributed by atoms with Crippen molar-refractivity contribution in [1.29, 1.82) is 0 Å². The molecule has 2 amide bonds. The smallest absolute Gasteiger partial charge is 0.272 e. The van der Waals surface area contributed by atoms with E-state index in [1.54, 1.807) is 0 Å². The molecular formula is C11H14N4O2. The Balaban J connectivity index is 2.00. The summed E-state index contributed by atoms with van der Waals surface area (Å²) in [5.74, 6) is -0.486. The first-order chi connectivity index (χ1) is 8.27. The topological polar surface area (TPSA) is 84.0 Å². The van der Waals surface area contributed by atoms with Crippen LogP contribution in [0.3, 0.4) is 0 Å². The van der Waals surface area contributed by atoms with Gasteiger partial charge in [-0.1, -0.05) is 0 Å². The summed E-state index contributed by atoms with van der Waals surface area (Å²) in [4.78, 5) is 31.1. The standard InChI is InChI=1S/C11H14N4O2/c16-10-8(3-1-2-4-14-10)15-11(17)9-7-12-5-6-13-9/h5-8H,1-4H2,(H,14,16)(H,15,17)/t8-/m0/s1. The van der Waals surface area contributed by atoms with Crippen molar-refractivity contribution < 1.29 is 9.59 Å². The third kappa shape index (κ3) is 2.99. The average Bonchev–Trinajstić information content (AvgIpc) is 2.56. The molecule has 1 aromatic rings. The Morgan fingerprint density at radius 1 is 1.41 bits per heavy atom. The van der Waals surface area contributed by atoms with Gasteiger partial charge in [0.05, 0.1) is 6.20 Å². The summed E-state index contributed by atoms with van der Waals surface area (Å²) in [5, 5.41) is 5.43. The highest BCUT2D eigenvalue weighted by atomic mass is 16.2. The Morgan fingerprint density at radius 2 is 2.29 bits per heavy atom. The molecule has 0 radical (unpaired) electrons. The molecule has 1 aromatic heterocycles. The Bertz CT molecular complexity index is 407. The van der Waals surface area contributed by atoms with E-state index in [-0.39, 0.29) is 17.5 Å². The molecule has 0 saturated carbocycles. The van der Waals surface area contributed by atoms with Crippen LogP contribution in [0, 0.1) is 0 Å². The maximum atomic E-state index is 11.8. The van der Waals surface area contributed by atoms with Gasteiger partial charge in [0.15, 0.2) is 0 Å². The molecule has 6 nitrogen and oxygen atoms in total. The molecule has 2 N–H and O–H groups in total. The van der Waals surface area contributed by atoms with Gasteiger partial charge in [-0.15, -0.1) is 0 Å². The molecule has 0 bridgehead atoms. The van der Waals surface area contributed by atoms with Crippen molar-refractivity contribution >= 4 is 11.8 Å². The van der Waals surface area contributed by atoms with Crippen LogP contribution >= 0.6 is 0 Å². The van der Waals surface area contributed by atoms with E-state index < -0.39 is 6.04 Å². The van der Waals surface area contributed by atoms with Crippen molar-refractivity contribution in [2.24, 2.45) is 0 Å². The van der Waals surface area contributed by atoms with Crippen LogP contribution in [0.25, 0.3) is 0 Å². The highest BCUT2D eigenvalue weighted by molar-refractivity contribution is 5.95. The Hall–Kier alpha value is -1.98. The molecular weight excluding hydrogens is 220 g/mol. The predicted molar refractivity (Wildman–Crippen MR) is 60.1 cm³/mol. The molecule has 90 valence electrons. The van der Waals surface area contributed by atoms with Gasteiger partial charge in [-0.2, -0.15) is 0 Å². The summed E-state index contributed by atoms with van der Waals surface area (Å²) in [5.41, 5.74) is 0.226. The third-order valence-electron chi connectivity index (χ3n) is 2.64. The van der Waals surface area contributed by atoms with E-state index in [4.69, 9.17) is 0 Å². The van der Waals surface area contributed by atoms with Crippen LogP contribution in [0.4, 0.5) is 0 Å². The van der Waals surface area contributed by atoms with Crippen molar-refractivity contribution in [1.82, 2.24) is 20.6 Å². The fourth-order valence-electron chi connectivity index (χ4n) is 1.73. The lowest BCUT2D eigenvalue weighted by molar-refractivity contribution is -0.122. The van der Waals surface area contributed by atoms with Gasteiger partial charge >= 0.3 is 0 Å². The molecule has 1 atom stereocenters. The lowest BCUT2D eigenvalue weighted by Gasteiger charge is -2.14. The molecule has 2 rings (SSSR count). The number of nitrogens with zero attached hydrogens (tertiary/aromatic N) is 2. The highest BCUT2D eigenvalue weighted by Crippen LogP contribution is 2.06. The predicted octanol–water partition coefficient (Wildman–Crippen LogP) is -0.125. The number of carbonyl (C=O) groups excluding carboxylic acids is 2. The fraction of sp³-hybridized carbons (Fsp3) is 0.455. The maximum Gasteiger partial charge on any atom is 0.272 e. The fourth-order valence-corrected chi connectivity index (χ4v) is 1.73. The number of hydrogen-bond acceptors (Lipinski definition) is 4. The van der Waals surface area contributed by atoms with Crippen LogP contribution in [0.2, 0.25) is 0 Å². The molecule has 6 heteroatoms. The van der Waals surface area contributed by atoms with Crippen LogP contribution in [-0.4, -0.2) is 34.4 Å². The molecule has 1 saturated heterocycles. The maximum absolute atomic E-state index is 11.8. The van der Waals surface area contributed by atoms with Crippen LogP contribution in [0.15, 0.2) is 18.6 Å². The second-order valence-corrected chi connectivity index (χ2v) is 3.90. The molecule has 0 spiro atoms. The highest BCUT2D eigenvalue weighted by Gasteiger charge is 2.23. The van der Waals surface area contributed by atoms with Gasteiger partial charge in [-0.05, 0) is 19.3 Å². The van der Waals surface area contributed by atoms with Crippen LogP contribution in [0.1, 0.15) is 29.8 Å². The minimum absolute atomic E-state index is 0.125. The first-order valence-corrected chi connectivity index (χ1v) is 5.62. The van der Waals surface area contributed by atoms with E-state index in [9.17, 15) is 9.59 Å². The number of aromatic nitrogens is 2. The van der Waals surface area contributed by atoms with E-state index >= 15 is 0 Å². The van der Waals surface area contributed by atoms with Gasteiger partial charge in [-0.25, -0.2) is 4.98 Å². The zero-order chi connectivity index (χ0) is 12.1. The molecule has 1 aliphatic rings. The van der Waals surface area contributed by atoms with Crippen molar-refractivity contribution in [2.75, 3.05) is 6.54 Å². The second kappa shape index (κ2) is 5.38. The van der Waals surface area contributed by atoms with Crippen molar-refractivity contribution in [2.45, 2.75) is 25.3 Å². The first-order valence-electron chi connectivity index (χ1n) is 5.62. The van der Waals surface area contributed by atoms with E-state index in [0.29, 0.717) is 13.0 Å². The zero-order valence-electron chi connectivity index (χ0n) is 9.35. The van der Waals surface area contributed by atoms with Gasteiger partial charge in [0.2, 0.25) is 5.91 Å². The molecule has 0 unspecified atom stereocenters. The van der Waals surface area contributed by atoms with Gasteiger partial charge in [0.1, 0.15) is 11.7 Å². The number of nitrogens with one attached hydrogen (secondary N) is 2. The summed E-state index contributed by atoms with van der Waals surface area (Å²) >= 11 is 0. The molecule has 1 aliphatic heterocycles. The largest absolute Gasteiger partial charge is 0.354 e. The SMILES string of the molecule is O=C(N[C@H]1CCCCNC1=O)c1cnccn1. The molecule has 0 aliphatic carbocycles. The minimum atomic E-state index is -0.466. The molecule has 0 aromatic carbocycles. The van der Waals surface area contributed by atoms with Crippen LogP contribution in [-0.2, 0) is 4.79 Å². The Morgan fingerprint density at radius 3 is 3.06 bits per heavy atom. The van der Waals surface area contributed by atoms with Crippen molar-refractivity contribution in [3.63, 3.8) is 0 Å². The normalized spacial score (nSPS) is 20.2. The van der Waals surface area contributed by atoms with Gasteiger partial charge < -0.3 is 10.6 Å². The zero-order valence-corrected chi connectivity index (χ0v) is 9.35. The van der Waals surface area contributed by atoms with Gasteiger partial charge in [-0.3, -0.25) is 14.6 Å². The van der Waals surface area contributed by atoms with E-state index in [2.05, 4.69) is 20.6 Å². The van der Waals surface area contributed by atoms with E-state index in [1.165, 1.54) is 18.6 Å². The number of carbonyl (C=O) groups is 2. The summed E-state index contributed by atoms with van der Waals surface area (Å²) < 4.78 is 0. The summed E-state index contributed by atoms with van der Waals surface area (Å²) in [7, 11) is 0. The Kier molecular flexibility index (Phi) is 3.64. The quantitative estimate of drug-likeness (QED) is 0.747. The number of rotatable bonds is 2. The third-order valence-corrected chi connectivity index (χ3v) is 2.64. The Labute approximate surface area is 98.8 Å². The molecule has 2 heterocycles. The van der Waals surface area contributed by atoms with Crippen molar-refractivity contribution in [3.05, 3.63) is 24.3 Å². The lowest BCUT2D eigenvalue weighted by Crippen LogP contribution is -2.45. The second-order valence-electron chi connectivity index (χ2n) is 3.90. The van der Waals surface area contributed by atoms with Gasteiger partial charge in [0, 0.05) is 18.9 Å². The van der Waals surface area contributed by atoms with E-state index in [1.807, 2.05) is 0 Å². The summed E-state index contributed by atoms with van der Waals surface area (Å²) in [6, 6.07) is -0.466. The van der Waals surface area contributed by atoms with E-state index in [0.717, 1.165) is 12.8 Å². The lowest BCUT2D eigenvalue weighted by atomic mass is 10.1. The minimum Gasteiger partial charge on any atom is -0.354 e. The molecule has 1 fully saturated rings. The van der Waals surface area contributed by atoms with Gasteiger partial charge in [0.25, 0.3) is 5.91 Å². The summed E-state index contributed by atoms with van der Waals surface area (Å²) in [6.45, 7) is 0.677. The number of amides is 2.